The molecular formula is C11H14N4. The summed E-state index contributed by atoms with van der Waals surface area (Å²) in [5, 5.41) is 8.76. The molecule has 0 saturated carbocycles. The van der Waals surface area contributed by atoms with E-state index in [1.807, 2.05) is 18.2 Å². The van der Waals surface area contributed by atoms with Gasteiger partial charge in [-0.1, -0.05) is 0 Å². The van der Waals surface area contributed by atoms with Gasteiger partial charge in [-0.3, -0.25) is 0 Å². The molecule has 15 heavy (non-hydrogen) atoms. The van der Waals surface area contributed by atoms with Crippen LogP contribution in [0.3, 0.4) is 0 Å². The maximum atomic E-state index is 8.76. The SMILES string of the molecule is N#Cc1cc(N2CCCC(N)C2)ccn1. The van der Waals surface area contributed by atoms with Gasteiger partial charge < -0.3 is 10.6 Å². The summed E-state index contributed by atoms with van der Waals surface area (Å²) >= 11 is 0. The summed E-state index contributed by atoms with van der Waals surface area (Å²) in [5.41, 5.74) is 7.43. The van der Waals surface area contributed by atoms with Gasteiger partial charge in [0.25, 0.3) is 0 Å². The molecule has 4 heteroatoms. The van der Waals surface area contributed by atoms with Crippen molar-refractivity contribution in [1.29, 1.82) is 5.26 Å². The number of hydrogen-bond acceptors (Lipinski definition) is 4. The second kappa shape index (κ2) is 4.28. The van der Waals surface area contributed by atoms with E-state index in [0.717, 1.165) is 31.6 Å². The molecule has 1 aromatic rings. The van der Waals surface area contributed by atoms with Crippen LogP contribution in [0.4, 0.5) is 5.69 Å². The zero-order chi connectivity index (χ0) is 10.7. The van der Waals surface area contributed by atoms with E-state index in [2.05, 4.69) is 9.88 Å². The van der Waals surface area contributed by atoms with Crippen molar-refractivity contribution in [3.05, 3.63) is 24.0 Å². The van der Waals surface area contributed by atoms with Crippen molar-refractivity contribution in [3.8, 4) is 6.07 Å². The maximum absolute atomic E-state index is 8.76. The largest absolute Gasteiger partial charge is 0.370 e. The first-order chi connectivity index (χ1) is 7.29. The molecule has 0 bridgehead atoms. The van der Waals surface area contributed by atoms with Crippen molar-refractivity contribution in [2.75, 3.05) is 18.0 Å². The molecule has 0 radical (unpaired) electrons. The van der Waals surface area contributed by atoms with Gasteiger partial charge in [-0.15, -0.1) is 0 Å². The Morgan fingerprint density at radius 1 is 1.60 bits per heavy atom. The lowest BCUT2D eigenvalue weighted by atomic mass is 10.1. The Labute approximate surface area is 89.3 Å². The van der Waals surface area contributed by atoms with E-state index in [0.29, 0.717) is 5.69 Å². The van der Waals surface area contributed by atoms with Gasteiger partial charge in [0.1, 0.15) is 11.8 Å². The topological polar surface area (TPSA) is 65.9 Å². The summed E-state index contributed by atoms with van der Waals surface area (Å²) < 4.78 is 0. The standard InChI is InChI=1S/C11H14N4/c12-7-10-6-11(3-4-14-10)15-5-1-2-9(13)8-15/h3-4,6,9H,1-2,5,8,13H2. The number of anilines is 1. The highest BCUT2D eigenvalue weighted by Crippen LogP contribution is 2.19. The van der Waals surface area contributed by atoms with Gasteiger partial charge in [0, 0.05) is 31.0 Å². The first kappa shape index (κ1) is 9.94. The van der Waals surface area contributed by atoms with Gasteiger partial charge in [0.15, 0.2) is 0 Å². The average Bonchev–Trinajstić information content (AvgIpc) is 2.29. The third kappa shape index (κ3) is 2.25. The zero-order valence-corrected chi connectivity index (χ0v) is 8.56. The van der Waals surface area contributed by atoms with Crippen LogP contribution >= 0.6 is 0 Å². The summed E-state index contributed by atoms with van der Waals surface area (Å²) in [6.45, 7) is 1.89. The quantitative estimate of drug-likeness (QED) is 0.734. The smallest absolute Gasteiger partial charge is 0.142 e. The normalized spacial score (nSPS) is 21.1. The first-order valence-corrected chi connectivity index (χ1v) is 5.16. The Kier molecular flexibility index (Phi) is 2.84. The summed E-state index contributed by atoms with van der Waals surface area (Å²) in [6.07, 6.45) is 3.88. The monoisotopic (exact) mass is 202 g/mol. The fourth-order valence-corrected chi connectivity index (χ4v) is 1.92. The summed E-state index contributed by atoms with van der Waals surface area (Å²) in [6, 6.07) is 6.04. The molecule has 1 unspecified atom stereocenters. The lowest BCUT2D eigenvalue weighted by Crippen LogP contribution is -2.42. The molecule has 1 atom stereocenters. The van der Waals surface area contributed by atoms with Crippen LogP contribution in [0, 0.1) is 11.3 Å². The lowest BCUT2D eigenvalue weighted by Gasteiger charge is -2.32. The second-order valence-electron chi connectivity index (χ2n) is 3.86. The van der Waals surface area contributed by atoms with Gasteiger partial charge in [-0.25, -0.2) is 4.98 Å². The minimum Gasteiger partial charge on any atom is -0.370 e. The first-order valence-electron chi connectivity index (χ1n) is 5.16. The van der Waals surface area contributed by atoms with Gasteiger partial charge in [-0.2, -0.15) is 5.26 Å². The fourth-order valence-electron chi connectivity index (χ4n) is 1.92. The molecule has 4 nitrogen and oxygen atoms in total. The van der Waals surface area contributed by atoms with Crippen LogP contribution in [0.2, 0.25) is 0 Å². The fraction of sp³-hybridized carbons (Fsp3) is 0.455. The molecular weight excluding hydrogens is 188 g/mol. The third-order valence-corrected chi connectivity index (χ3v) is 2.68. The van der Waals surface area contributed by atoms with Crippen molar-refractivity contribution < 1.29 is 0 Å². The summed E-state index contributed by atoms with van der Waals surface area (Å²) in [7, 11) is 0. The molecule has 1 fully saturated rings. The maximum Gasteiger partial charge on any atom is 0.142 e. The number of nitriles is 1. The Hall–Kier alpha value is -1.60. The van der Waals surface area contributed by atoms with E-state index in [-0.39, 0.29) is 6.04 Å². The molecule has 1 saturated heterocycles. The highest BCUT2D eigenvalue weighted by molar-refractivity contribution is 5.49. The van der Waals surface area contributed by atoms with E-state index >= 15 is 0 Å². The van der Waals surface area contributed by atoms with E-state index in [9.17, 15) is 0 Å². The predicted octanol–water partition coefficient (Wildman–Crippen LogP) is 0.881. The van der Waals surface area contributed by atoms with Crippen molar-refractivity contribution >= 4 is 5.69 Å². The number of hydrogen-bond donors (Lipinski definition) is 1. The Morgan fingerprint density at radius 3 is 3.20 bits per heavy atom. The van der Waals surface area contributed by atoms with Crippen molar-refractivity contribution in [2.24, 2.45) is 5.73 Å². The van der Waals surface area contributed by atoms with Crippen LogP contribution in [0.1, 0.15) is 18.5 Å². The molecule has 1 aromatic heterocycles. The van der Waals surface area contributed by atoms with Crippen LogP contribution in [0.25, 0.3) is 0 Å². The minimum absolute atomic E-state index is 0.248. The van der Waals surface area contributed by atoms with Crippen LogP contribution < -0.4 is 10.6 Å². The molecule has 2 heterocycles. The second-order valence-corrected chi connectivity index (χ2v) is 3.86. The van der Waals surface area contributed by atoms with E-state index < -0.39 is 0 Å². The van der Waals surface area contributed by atoms with E-state index in [1.165, 1.54) is 0 Å². The van der Waals surface area contributed by atoms with E-state index in [1.54, 1.807) is 6.20 Å². The average molecular weight is 202 g/mol. The number of pyridine rings is 1. The van der Waals surface area contributed by atoms with Gasteiger partial charge in [0.2, 0.25) is 0 Å². The molecule has 1 aliphatic rings. The highest BCUT2D eigenvalue weighted by atomic mass is 15.1. The van der Waals surface area contributed by atoms with Crippen molar-refractivity contribution in [2.45, 2.75) is 18.9 Å². The molecule has 2 N–H and O–H groups in total. The Balaban J connectivity index is 2.18. The van der Waals surface area contributed by atoms with Crippen molar-refractivity contribution in [3.63, 3.8) is 0 Å². The van der Waals surface area contributed by atoms with Crippen LogP contribution in [0.5, 0.6) is 0 Å². The Morgan fingerprint density at radius 2 is 2.47 bits per heavy atom. The number of piperidine rings is 1. The van der Waals surface area contributed by atoms with E-state index in [4.69, 9.17) is 11.0 Å². The van der Waals surface area contributed by atoms with Gasteiger partial charge in [0.05, 0.1) is 0 Å². The molecule has 1 aliphatic heterocycles. The zero-order valence-electron chi connectivity index (χ0n) is 8.56. The molecule has 0 aliphatic carbocycles. The number of aromatic nitrogens is 1. The van der Waals surface area contributed by atoms with Gasteiger partial charge in [-0.05, 0) is 25.0 Å². The van der Waals surface area contributed by atoms with Crippen molar-refractivity contribution in [1.82, 2.24) is 4.98 Å². The highest BCUT2D eigenvalue weighted by Gasteiger charge is 2.16. The Bertz CT molecular complexity index is 382. The number of rotatable bonds is 1. The minimum atomic E-state index is 0.248. The van der Waals surface area contributed by atoms with Gasteiger partial charge >= 0.3 is 0 Å². The molecule has 0 aromatic carbocycles. The van der Waals surface area contributed by atoms with Crippen LogP contribution in [0.15, 0.2) is 18.3 Å². The summed E-state index contributed by atoms with van der Waals surface area (Å²) in [4.78, 5) is 6.17. The number of nitrogens with two attached hydrogens (primary N) is 1. The molecule has 78 valence electrons. The lowest BCUT2D eigenvalue weighted by molar-refractivity contribution is 0.506. The molecule has 0 spiro atoms. The summed E-state index contributed by atoms with van der Waals surface area (Å²) in [5.74, 6) is 0. The van der Waals surface area contributed by atoms with Crippen LogP contribution in [-0.2, 0) is 0 Å². The third-order valence-electron chi connectivity index (χ3n) is 2.68. The predicted molar refractivity (Wildman–Crippen MR) is 58.4 cm³/mol. The van der Waals surface area contributed by atoms with Crippen LogP contribution in [-0.4, -0.2) is 24.1 Å². The number of nitrogens with zero attached hydrogens (tertiary/aromatic N) is 3. The molecule has 2 rings (SSSR count). The molecule has 0 amide bonds.